The SMILES string of the molecule is CN(C)[C@H]1C(=O)C(C(N)=O)=C(O)[C@]2(O)C(=O)C3=C(O)c4c(O)cccc4[C@@H](CS(=O)C4CCCC4)[C@@H]3[C@@H](O)[C@H]12. The molecule has 0 heterocycles. The number of phenols is 1. The summed E-state index contributed by atoms with van der Waals surface area (Å²) in [4.78, 5) is 40.9. The number of hydrogen-bond acceptors (Lipinski definition) is 10. The molecule has 1 unspecified atom stereocenters. The van der Waals surface area contributed by atoms with E-state index < -0.39 is 86.4 Å². The number of nitrogens with two attached hydrogens (primary N) is 1. The Morgan fingerprint density at radius 2 is 1.79 bits per heavy atom. The number of aliphatic hydroxyl groups is 4. The van der Waals surface area contributed by atoms with Gasteiger partial charge in [-0.1, -0.05) is 25.0 Å². The molecule has 4 aliphatic rings. The number of hydrogen-bond donors (Lipinski definition) is 6. The molecule has 0 aromatic heterocycles. The molecule has 210 valence electrons. The molecular weight excluding hydrogens is 528 g/mol. The van der Waals surface area contributed by atoms with Gasteiger partial charge in [0.1, 0.15) is 22.8 Å². The van der Waals surface area contributed by atoms with E-state index in [2.05, 4.69) is 0 Å². The van der Waals surface area contributed by atoms with Crippen LogP contribution in [0.4, 0.5) is 0 Å². The molecule has 11 nitrogen and oxygen atoms in total. The second kappa shape index (κ2) is 9.54. The van der Waals surface area contributed by atoms with E-state index in [1.165, 1.54) is 31.1 Å². The summed E-state index contributed by atoms with van der Waals surface area (Å²) < 4.78 is 13.5. The predicted molar refractivity (Wildman–Crippen MR) is 140 cm³/mol. The molecule has 0 spiro atoms. The molecular formula is C27H32N2O9S. The zero-order valence-electron chi connectivity index (χ0n) is 21.5. The van der Waals surface area contributed by atoms with Crippen LogP contribution in [0.3, 0.4) is 0 Å². The highest BCUT2D eigenvalue weighted by atomic mass is 32.2. The number of carbonyl (C=O) groups is 3. The Bertz CT molecular complexity index is 1360. The van der Waals surface area contributed by atoms with Crippen LogP contribution in [-0.4, -0.2) is 95.0 Å². The normalized spacial score (nSPS) is 33.7. The Labute approximate surface area is 227 Å². The van der Waals surface area contributed by atoms with Crippen molar-refractivity contribution in [3.63, 3.8) is 0 Å². The van der Waals surface area contributed by atoms with Gasteiger partial charge < -0.3 is 31.3 Å². The van der Waals surface area contributed by atoms with Crippen molar-refractivity contribution in [1.29, 1.82) is 0 Å². The van der Waals surface area contributed by atoms with Crippen molar-refractivity contribution in [1.82, 2.24) is 4.90 Å². The molecule has 1 amide bonds. The zero-order valence-corrected chi connectivity index (χ0v) is 22.4. The Morgan fingerprint density at radius 3 is 2.38 bits per heavy atom. The Kier molecular flexibility index (Phi) is 6.73. The van der Waals surface area contributed by atoms with Gasteiger partial charge in [0.25, 0.3) is 5.91 Å². The number of rotatable bonds is 5. The summed E-state index contributed by atoms with van der Waals surface area (Å²) in [6, 6.07) is 2.99. The number of likely N-dealkylation sites (N-methyl/N-ethyl adjacent to an activating group) is 1. The van der Waals surface area contributed by atoms with E-state index in [1.54, 1.807) is 6.07 Å². The molecule has 7 N–H and O–H groups in total. The van der Waals surface area contributed by atoms with Gasteiger partial charge in [-0.3, -0.25) is 23.5 Å². The van der Waals surface area contributed by atoms with Crippen LogP contribution in [0, 0.1) is 11.8 Å². The van der Waals surface area contributed by atoms with Crippen LogP contribution in [0.25, 0.3) is 5.76 Å². The number of Topliss-reactive ketones (excluding diaryl/α,β-unsaturated/α-hetero) is 2. The summed E-state index contributed by atoms with van der Waals surface area (Å²) in [5.41, 5.74) is 1.17. The van der Waals surface area contributed by atoms with Gasteiger partial charge in [-0.25, -0.2) is 0 Å². The lowest BCUT2D eigenvalue weighted by molar-refractivity contribution is -0.169. The van der Waals surface area contributed by atoms with Crippen molar-refractivity contribution in [2.24, 2.45) is 17.6 Å². The first-order valence-corrected chi connectivity index (χ1v) is 14.2. The highest BCUT2D eigenvalue weighted by Crippen LogP contribution is 2.56. The fraction of sp³-hybridized carbons (Fsp3) is 0.519. The first-order chi connectivity index (χ1) is 18.3. The number of ketones is 2. The van der Waals surface area contributed by atoms with Crippen LogP contribution < -0.4 is 5.73 Å². The first-order valence-electron chi connectivity index (χ1n) is 12.9. The minimum Gasteiger partial charge on any atom is -0.508 e. The third-order valence-corrected chi connectivity index (χ3v) is 10.7. The number of benzene rings is 1. The summed E-state index contributed by atoms with van der Waals surface area (Å²) in [6.07, 6.45) is 1.68. The molecule has 0 saturated heterocycles. The van der Waals surface area contributed by atoms with Gasteiger partial charge in [0.15, 0.2) is 11.4 Å². The predicted octanol–water partition coefficient (Wildman–Crippen LogP) is 0.167. The van der Waals surface area contributed by atoms with E-state index in [0.29, 0.717) is 5.56 Å². The van der Waals surface area contributed by atoms with Gasteiger partial charge >= 0.3 is 0 Å². The topological polar surface area (TPSA) is 199 Å². The zero-order chi connectivity index (χ0) is 28.5. The molecule has 5 rings (SSSR count). The van der Waals surface area contributed by atoms with Crippen LogP contribution in [-0.2, 0) is 25.2 Å². The van der Waals surface area contributed by atoms with Crippen LogP contribution in [0.2, 0.25) is 0 Å². The molecule has 0 bridgehead atoms. The molecule has 12 heteroatoms. The Morgan fingerprint density at radius 1 is 1.15 bits per heavy atom. The van der Waals surface area contributed by atoms with E-state index in [9.17, 15) is 44.1 Å². The summed E-state index contributed by atoms with van der Waals surface area (Å²) >= 11 is 0. The van der Waals surface area contributed by atoms with Gasteiger partial charge in [0.2, 0.25) is 5.78 Å². The first kappa shape index (κ1) is 27.5. The van der Waals surface area contributed by atoms with E-state index in [4.69, 9.17) is 5.73 Å². The maximum atomic E-state index is 14.1. The molecule has 2 fully saturated rings. The molecule has 1 aromatic carbocycles. The van der Waals surface area contributed by atoms with Crippen molar-refractivity contribution in [2.75, 3.05) is 19.8 Å². The summed E-state index contributed by atoms with van der Waals surface area (Å²) in [7, 11) is 1.51. The average molecular weight is 561 g/mol. The quantitative estimate of drug-likeness (QED) is 0.270. The molecule has 7 atom stereocenters. The summed E-state index contributed by atoms with van der Waals surface area (Å²) in [5.74, 6) is -9.68. The van der Waals surface area contributed by atoms with Gasteiger partial charge in [-0.05, 0) is 38.6 Å². The highest BCUT2D eigenvalue weighted by molar-refractivity contribution is 7.85. The van der Waals surface area contributed by atoms with Crippen molar-refractivity contribution < 1.29 is 44.1 Å². The van der Waals surface area contributed by atoms with Gasteiger partial charge in [-0.2, -0.15) is 0 Å². The lowest BCUT2D eigenvalue weighted by Gasteiger charge is -2.54. The van der Waals surface area contributed by atoms with Gasteiger partial charge in [0.05, 0.1) is 23.6 Å². The molecule has 4 aliphatic carbocycles. The number of aliphatic hydroxyl groups excluding tert-OH is 3. The Balaban J connectivity index is 1.75. The van der Waals surface area contributed by atoms with Gasteiger partial charge in [-0.15, -0.1) is 0 Å². The smallest absolute Gasteiger partial charge is 0.255 e. The second-order valence-electron chi connectivity index (χ2n) is 11.1. The van der Waals surface area contributed by atoms with Crippen LogP contribution in [0.15, 0.2) is 35.1 Å². The fourth-order valence-corrected chi connectivity index (χ4v) is 8.93. The minimum atomic E-state index is -2.98. The largest absolute Gasteiger partial charge is 0.508 e. The number of phenolic OH excluding ortho intramolecular Hbond substituents is 1. The van der Waals surface area contributed by atoms with Crippen molar-refractivity contribution in [2.45, 2.75) is 54.6 Å². The molecule has 0 aliphatic heterocycles. The highest BCUT2D eigenvalue weighted by Gasteiger charge is 2.68. The number of amides is 1. The van der Waals surface area contributed by atoms with Crippen molar-refractivity contribution >= 4 is 34.0 Å². The molecule has 2 saturated carbocycles. The summed E-state index contributed by atoms with van der Waals surface area (Å²) in [6.45, 7) is 0. The van der Waals surface area contributed by atoms with Crippen LogP contribution in [0.1, 0.15) is 42.7 Å². The number of aromatic hydroxyl groups is 1. The van der Waals surface area contributed by atoms with Gasteiger partial charge in [0, 0.05) is 39.2 Å². The molecule has 1 aromatic rings. The third-order valence-electron chi connectivity index (χ3n) is 8.82. The maximum absolute atomic E-state index is 14.1. The number of nitrogens with zero attached hydrogens (tertiary/aromatic N) is 1. The summed E-state index contributed by atoms with van der Waals surface area (Å²) in [5, 5.41) is 56.6. The lowest BCUT2D eigenvalue weighted by Crippen LogP contribution is -2.70. The monoisotopic (exact) mass is 560 g/mol. The minimum absolute atomic E-state index is 0.00695. The second-order valence-corrected chi connectivity index (χ2v) is 12.8. The maximum Gasteiger partial charge on any atom is 0.255 e. The van der Waals surface area contributed by atoms with E-state index >= 15 is 0 Å². The average Bonchev–Trinajstić information content (AvgIpc) is 3.40. The van der Waals surface area contributed by atoms with Crippen LogP contribution in [0.5, 0.6) is 5.75 Å². The number of fused-ring (bicyclic) bond motifs is 3. The van der Waals surface area contributed by atoms with E-state index in [1.807, 2.05) is 0 Å². The third kappa shape index (κ3) is 3.80. The molecule has 0 radical (unpaired) electrons. The van der Waals surface area contributed by atoms with Crippen molar-refractivity contribution in [3.8, 4) is 5.75 Å². The standard InChI is InChI=1S/C27H32N2O9S/c1-29(2)20-19-22(32)16-13(10-39(38)11-6-3-4-7-11)12-8-5-9-14(30)15(12)21(31)17(16)24(34)27(19,37)25(35)18(23(20)33)26(28)36/h5,8-9,11,13,16,19-20,22,30-32,35,37H,3-4,6-7,10H2,1-2H3,(H2,28,36)/t13-,16+,19+,20-,22-,27-,39?/m1/s1. The Hall–Kier alpha value is -3.06. The van der Waals surface area contributed by atoms with Crippen LogP contribution >= 0.6 is 0 Å². The molecule has 39 heavy (non-hydrogen) atoms. The number of primary amides is 1. The fourth-order valence-electron chi connectivity index (χ4n) is 7.06. The lowest BCUT2D eigenvalue weighted by atomic mass is 9.54. The van der Waals surface area contributed by atoms with Crippen molar-refractivity contribution in [3.05, 3.63) is 46.2 Å². The van der Waals surface area contributed by atoms with E-state index in [-0.39, 0.29) is 22.3 Å². The van der Waals surface area contributed by atoms with E-state index in [0.717, 1.165) is 25.7 Å². The number of carbonyl (C=O) groups excluding carboxylic acids is 3.